The van der Waals surface area contributed by atoms with E-state index in [0.29, 0.717) is 0 Å². The minimum Gasteiger partial charge on any atom is -0.443 e. The Labute approximate surface area is 90.6 Å². The van der Waals surface area contributed by atoms with E-state index in [1.807, 2.05) is 12.1 Å². The Kier molecular flexibility index (Phi) is 3.16. The average molecular weight is 255 g/mol. The first-order valence-electron chi connectivity index (χ1n) is 4.49. The fourth-order valence-corrected chi connectivity index (χ4v) is 1.63. The van der Waals surface area contributed by atoms with Gasteiger partial charge in [-0.2, -0.15) is 0 Å². The van der Waals surface area contributed by atoms with Gasteiger partial charge >= 0.3 is 0 Å². The third kappa shape index (κ3) is 2.13. The van der Waals surface area contributed by atoms with Gasteiger partial charge in [0.15, 0.2) is 12.0 Å². The molecule has 0 spiro atoms. The van der Waals surface area contributed by atoms with E-state index in [9.17, 15) is 0 Å². The monoisotopic (exact) mass is 254 g/mol. The van der Waals surface area contributed by atoms with E-state index < -0.39 is 0 Å². The van der Waals surface area contributed by atoms with E-state index in [1.165, 1.54) is 12.0 Å². The number of halogens is 1. The van der Waals surface area contributed by atoms with Gasteiger partial charge in [0.1, 0.15) is 5.52 Å². The zero-order valence-electron chi connectivity index (χ0n) is 7.66. The van der Waals surface area contributed by atoms with Crippen molar-refractivity contribution in [2.24, 2.45) is 0 Å². The molecule has 0 amide bonds. The number of nitrogens with one attached hydrogen (secondary N) is 1. The second-order valence-corrected chi connectivity index (χ2v) is 3.60. The predicted molar refractivity (Wildman–Crippen MR) is 59.5 cm³/mol. The van der Waals surface area contributed by atoms with Crippen LogP contribution in [0.5, 0.6) is 0 Å². The van der Waals surface area contributed by atoms with Crippen LogP contribution in [0.3, 0.4) is 0 Å². The molecule has 0 aliphatic rings. The second kappa shape index (κ2) is 4.57. The van der Waals surface area contributed by atoms with Crippen LogP contribution in [-0.2, 0) is 6.42 Å². The van der Waals surface area contributed by atoms with Gasteiger partial charge in [-0.05, 0) is 30.7 Å². The number of fused-ring (bicyclic) bond motifs is 1. The van der Waals surface area contributed by atoms with Crippen LogP contribution in [-0.4, -0.2) is 17.0 Å². The number of benzene rings is 1. The molecule has 0 saturated carbocycles. The maximum Gasteiger partial charge on any atom is 0.181 e. The number of nitrogens with zero attached hydrogens (tertiary/aromatic N) is 1. The van der Waals surface area contributed by atoms with E-state index in [1.54, 1.807) is 0 Å². The molecule has 0 unspecified atom stereocenters. The maximum absolute atomic E-state index is 5.22. The Hall–Kier alpha value is -0.870. The smallest absolute Gasteiger partial charge is 0.181 e. The van der Waals surface area contributed by atoms with Crippen LogP contribution in [0.2, 0.25) is 0 Å². The molecular weight excluding hydrogens is 244 g/mol. The molecule has 0 bridgehead atoms. The molecule has 1 heterocycles. The molecule has 14 heavy (non-hydrogen) atoms. The van der Waals surface area contributed by atoms with Gasteiger partial charge in [-0.25, -0.2) is 4.98 Å². The first-order valence-corrected chi connectivity index (χ1v) is 5.61. The quantitative estimate of drug-likeness (QED) is 0.517. The summed E-state index contributed by atoms with van der Waals surface area (Å²) in [6, 6.07) is 6.11. The Balaban J connectivity index is 2.10. The average Bonchev–Trinajstić information content (AvgIpc) is 2.65. The third-order valence-corrected chi connectivity index (χ3v) is 2.48. The second-order valence-electron chi connectivity index (χ2n) is 3.04. The van der Waals surface area contributed by atoms with Crippen molar-refractivity contribution < 1.29 is 4.42 Å². The molecule has 0 fully saturated rings. The Bertz CT molecular complexity index is 413. The van der Waals surface area contributed by atoms with E-state index in [-0.39, 0.29) is 0 Å². The van der Waals surface area contributed by atoms with Crippen LogP contribution in [0, 0.1) is 0 Å². The molecule has 2 rings (SSSR count). The van der Waals surface area contributed by atoms with Gasteiger partial charge in [-0.1, -0.05) is 22.0 Å². The summed E-state index contributed by atoms with van der Waals surface area (Å²) >= 11 is 3.32. The number of hydrogen-bond acceptors (Lipinski definition) is 3. The van der Waals surface area contributed by atoms with Gasteiger partial charge < -0.3 is 9.73 Å². The molecule has 0 aliphatic carbocycles. The van der Waals surface area contributed by atoms with Crippen molar-refractivity contribution in [3.63, 3.8) is 0 Å². The molecule has 74 valence electrons. The Morgan fingerprint density at radius 2 is 2.36 bits per heavy atom. The minimum atomic E-state index is 0.831. The van der Waals surface area contributed by atoms with E-state index in [4.69, 9.17) is 4.42 Å². The molecule has 3 nitrogen and oxygen atoms in total. The van der Waals surface area contributed by atoms with Crippen molar-refractivity contribution in [3.05, 3.63) is 30.2 Å². The normalized spacial score (nSPS) is 10.9. The summed E-state index contributed by atoms with van der Waals surface area (Å²) < 4.78 is 5.22. The number of rotatable bonds is 4. The van der Waals surface area contributed by atoms with Crippen molar-refractivity contribution in [1.29, 1.82) is 0 Å². The van der Waals surface area contributed by atoms with Crippen LogP contribution in [0.1, 0.15) is 5.56 Å². The van der Waals surface area contributed by atoms with Crippen molar-refractivity contribution in [3.8, 4) is 0 Å². The van der Waals surface area contributed by atoms with Gasteiger partial charge in [-0.3, -0.25) is 0 Å². The summed E-state index contributed by atoms with van der Waals surface area (Å²) in [7, 11) is 0. The summed E-state index contributed by atoms with van der Waals surface area (Å²) in [6.07, 6.45) is 2.48. The molecule has 1 N–H and O–H groups in total. The molecule has 0 aliphatic heterocycles. The van der Waals surface area contributed by atoms with Crippen LogP contribution < -0.4 is 5.32 Å². The van der Waals surface area contributed by atoms with Crippen molar-refractivity contribution in [2.45, 2.75) is 6.42 Å². The molecule has 1 aromatic carbocycles. The van der Waals surface area contributed by atoms with Crippen LogP contribution in [0.25, 0.3) is 11.1 Å². The van der Waals surface area contributed by atoms with Crippen molar-refractivity contribution in [1.82, 2.24) is 10.3 Å². The summed E-state index contributed by atoms with van der Waals surface area (Å²) in [5, 5.41) is 3.21. The fraction of sp³-hybridized carbons (Fsp3) is 0.300. The summed E-state index contributed by atoms with van der Waals surface area (Å²) in [5.41, 5.74) is 3.88. The Morgan fingerprint density at radius 1 is 1.43 bits per heavy atom. The first kappa shape index (κ1) is 9.68. The summed E-state index contributed by atoms with van der Waals surface area (Å²) in [6.45, 7) is 0.963. The maximum atomic E-state index is 5.22. The zero-order valence-corrected chi connectivity index (χ0v) is 9.25. The van der Waals surface area contributed by atoms with Crippen LogP contribution in [0.15, 0.2) is 29.0 Å². The molecule has 4 heteroatoms. The highest BCUT2D eigenvalue weighted by molar-refractivity contribution is 9.09. The van der Waals surface area contributed by atoms with E-state index in [0.717, 1.165) is 29.5 Å². The lowest BCUT2D eigenvalue weighted by molar-refractivity contribution is 0.601. The van der Waals surface area contributed by atoms with Gasteiger partial charge in [0.25, 0.3) is 0 Å². The van der Waals surface area contributed by atoms with E-state index >= 15 is 0 Å². The van der Waals surface area contributed by atoms with Crippen LogP contribution >= 0.6 is 15.9 Å². The number of oxazole rings is 1. The molecule has 1 aromatic heterocycles. The van der Waals surface area contributed by atoms with Gasteiger partial charge in [0.05, 0.1) is 5.45 Å². The molecule has 0 radical (unpaired) electrons. The third-order valence-electron chi connectivity index (χ3n) is 2.08. The van der Waals surface area contributed by atoms with Crippen molar-refractivity contribution >= 4 is 27.0 Å². The Morgan fingerprint density at radius 3 is 3.21 bits per heavy atom. The first-order chi connectivity index (χ1) is 6.90. The van der Waals surface area contributed by atoms with E-state index in [2.05, 4.69) is 32.3 Å². The van der Waals surface area contributed by atoms with Gasteiger partial charge in [-0.15, -0.1) is 0 Å². The lowest BCUT2D eigenvalue weighted by Crippen LogP contribution is -2.14. The minimum absolute atomic E-state index is 0.831. The summed E-state index contributed by atoms with van der Waals surface area (Å²) in [5.74, 6) is 0. The van der Waals surface area contributed by atoms with Crippen LogP contribution in [0.4, 0.5) is 0 Å². The lowest BCUT2D eigenvalue weighted by atomic mass is 10.1. The number of hydrogen-bond donors (Lipinski definition) is 1. The van der Waals surface area contributed by atoms with Crippen molar-refractivity contribution in [2.75, 3.05) is 12.0 Å². The highest BCUT2D eigenvalue weighted by Crippen LogP contribution is 2.14. The van der Waals surface area contributed by atoms with Gasteiger partial charge in [0.2, 0.25) is 0 Å². The molecular formula is C10H11BrN2O. The predicted octanol–water partition coefficient (Wildman–Crippen LogP) is 2.31. The molecule has 2 aromatic rings. The highest BCUT2D eigenvalue weighted by Gasteiger charge is 1.99. The SMILES string of the molecule is BrCNCCc1ccc2ncoc2c1. The fourth-order valence-electron chi connectivity index (χ4n) is 1.35. The highest BCUT2D eigenvalue weighted by atomic mass is 79.9. The van der Waals surface area contributed by atoms with Gasteiger partial charge in [0, 0.05) is 0 Å². The largest absolute Gasteiger partial charge is 0.443 e. The standard InChI is InChI=1S/C10H11BrN2O/c11-6-12-4-3-8-1-2-9-10(5-8)14-7-13-9/h1-2,5,7,12H,3-4,6H2. The zero-order chi connectivity index (χ0) is 9.80. The topological polar surface area (TPSA) is 38.1 Å². The molecule has 0 atom stereocenters. The molecule has 0 saturated heterocycles. The lowest BCUT2D eigenvalue weighted by Gasteiger charge is -2.00. The number of alkyl halides is 1. The number of aromatic nitrogens is 1. The summed E-state index contributed by atoms with van der Waals surface area (Å²) in [4.78, 5) is 4.07.